The van der Waals surface area contributed by atoms with Crippen molar-refractivity contribution in [2.45, 2.75) is 37.9 Å². The predicted octanol–water partition coefficient (Wildman–Crippen LogP) is 3.09. The van der Waals surface area contributed by atoms with Crippen molar-refractivity contribution >= 4 is 0 Å². The van der Waals surface area contributed by atoms with Crippen LogP contribution in [-0.2, 0) is 6.54 Å². The SMILES string of the molecule is CC1CC(N(C)Cc2cccnc2)C(N)c2ccccc21. The molecule has 2 N–H and O–H groups in total. The largest absolute Gasteiger partial charge is 0.323 e. The van der Waals surface area contributed by atoms with Crippen LogP contribution in [0.5, 0.6) is 0 Å². The van der Waals surface area contributed by atoms with Gasteiger partial charge in [-0.15, -0.1) is 0 Å². The maximum atomic E-state index is 6.55. The third-order valence-corrected chi connectivity index (χ3v) is 4.62. The Morgan fingerprint density at radius 1 is 1.19 bits per heavy atom. The van der Waals surface area contributed by atoms with Gasteiger partial charge in [-0.25, -0.2) is 0 Å². The fourth-order valence-electron chi connectivity index (χ4n) is 3.46. The standard InChI is InChI=1S/C18H23N3/c1-13-10-17(18(19)16-8-4-3-7-15(13)16)21(2)12-14-6-5-9-20-11-14/h3-9,11,13,17-18H,10,12,19H2,1-2H3. The van der Waals surface area contributed by atoms with Crippen molar-refractivity contribution in [3.8, 4) is 0 Å². The maximum absolute atomic E-state index is 6.55. The second-order valence-corrected chi connectivity index (χ2v) is 6.14. The molecule has 21 heavy (non-hydrogen) atoms. The van der Waals surface area contributed by atoms with Crippen molar-refractivity contribution in [3.63, 3.8) is 0 Å². The van der Waals surface area contributed by atoms with E-state index in [2.05, 4.69) is 54.2 Å². The first-order valence-corrected chi connectivity index (χ1v) is 7.60. The van der Waals surface area contributed by atoms with Gasteiger partial charge in [-0.2, -0.15) is 0 Å². The van der Waals surface area contributed by atoms with E-state index < -0.39 is 0 Å². The predicted molar refractivity (Wildman–Crippen MR) is 85.9 cm³/mol. The summed E-state index contributed by atoms with van der Waals surface area (Å²) >= 11 is 0. The van der Waals surface area contributed by atoms with E-state index in [9.17, 15) is 0 Å². The van der Waals surface area contributed by atoms with Crippen LogP contribution in [0, 0.1) is 0 Å². The number of pyridine rings is 1. The highest BCUT2D eigenvalue weighted by molar-refractivity contribution is 5.36. The molecule has 3 unspecified atom stereocenters. The molecule has 110 valence electrons. The Hall–Kier alpha value is -1.71. The molecule has 3 heteroatoms. The number of hydrogen-bond donors (Lipinski definition) is 1. The summed E-state index contributed by atoms with van der Waals surface area (Å²) in [4.78, 5) is 6.56. The normalized spacial score (nSPS) is 24.9. The molecule has 1 aliphatic carbocycles. The Balaban J connectivity index is 1.80. The lowest BCUT2D eigenvalue weighted by Crippen LogP contribution is -2.43. The number of hydrogen-bond acceptors (Lipinski definition) is 3. The molecule has 0 spiro atoms. The van der Waals surface area contributed by atoms with Crippen LogP contribution >= 0.6 is 0 Å². The van der Waals surface area contributed by atoms with E-state index in [1.807, 2.05) is 18.5 Å². The molecule has 0 bridgehead atoms. The molecule has 0 amide bonds. The second-order valence-electron chi connectivity index (χ2n) is 6.14. The number of aromatic nitrogens is 1. The number of rotatable bonds is 3. The molecule has 1 heterocycles. The highest BCUT2D eigenvalue weighted by atomic mass is 15.1. The summed E-state index contributed by atoms with van der Waals surface area (Å²) in [5.74, 6) is 0.558. The minimum Gasteiger partial charge on any atom is -0.323 e. The highest BCUT2D eigenvalue weighted by Crippen LogP contribution is 2.38. The van der Waals surface area contributed by atoms with Gasteiger partial charge in [0.2, 0.25) is 0 Å². The van der Waals surface area contributed by atoms with Crippen LogP contribution in [0.4, 0.5) is 0 Å². The summed E-state index contributed by atoms with van der Waals surface area (Å²) in [5, 5.41) is 0. The van der Waals surface area contributed by atoms with Crippen molar-refractivity contribution in [3.05, 3.63) is 65.5 Å². The van der Waals surface area contributed by atoms with Crippen LogP contribution in [0.2, 0.25) is 0 Å². The van der Waals surface area contributed by atoms with Crippen molar-refractivity contribution < 1.29 is 0 Å². The molecule has 3 atom stereocenters. The van der Waals surface area contributed by atoms with E-state index in [0.717, 1.165) is 13.0 Å². The van der Waals surface area contributed by atoms with Crippen molar-refractivity contribution in [2.75, 3.05) is 7.05 Å². The topological polar surface area (TPSA) is 42.2 Å². The number of fused-ring (bicyclic) bond motifs is 1. The lowest BCUT2D eigenvalue weighted by atomic mass is 9.78. The third-order valence-electron chi connectivity index (χ3n) is 4.62. The fraction of sp³-hybridized carbons (Fsp3) is 0.389. The summed E-state index contributed by atoms with van der Waals surface area (Å²) in [6, 6.07) is 13.2. The van der Waals surface area contributed by atoms with E-state index in [0.29, 0.717) is 12.0 Å². The van der Waals surface area contributed by atoms with E-state index in [4.69, 9.17) is 5.73 Å². The van der Waals surface area contributed by atoms with Crippen molar-refractivity contribution in [1.29, 1.82) is 0 Å². The molecule has 0 saturated carbocycles. The lowest BCUT2D eigenvalue weighted by molar-refractivity contribution is 0.174. The van der Waals surface area contributed by atoms with Gasteiger partial charge >= 0.3 is 0 Å². The molecule has 0 radical (unpaired) electrons. The van der Waals surface area contributed by atoms with Gasteiger partial charge < -0.3 is 5.73 Å². The number of benzene rings is 1. The minimum atomic E-state index is 0.0825. The Bertz CT molecular complexity index is 596. The molecular weight excluding hydrogens is 258 g/mol. The Kier molecular flexibility index (Phi) is 4.04. The summed E-state index contributed by atoms with van der Waals surface area (Å²) < 4.78 is 0. The Morgan fingerprint density at radius 3 is 2.67 bits per heavy atom. The zero-order valence-electron chi connectivity index (χ0n) is 12.7. The van der Waals surface area contributed by atoms with Gasteiger partial charge in [-0.1, -0.05) is 37.3 Å². The third kappa shape index (κ3) is 2.85. The fourth-order valence-corrected chi connectivity index (χ4v) is 3.46. The number of nitrogens with two attached hydrogens (primary N) is 1. The molecule has 0 fully saturated rings. The van der Waals surface area contributed by atoms with Gasteiger partial charge in [0, 0.05) is 31.0 Å². The quantitative estimate of drug-likeness (QED) is 0.940. The first-order chi connectivity index (χ1) is 10.2. The number of likely N-dealkylation sites (N-methyl/N-ethyl adjacent to an activating group) is 1. The van der Waals surface area contributed by atoms with E-state index in [1.54, 1.807) is 0 Å². The number of nitrogens with zero attached hydrogens (tertiary/aromatic N) is 2. The molecule has 0 saturated heterocycles. The average Bonchev–Trinajstić information content (AvgIpc) is 2.52. The summed E-state index contributed by atoms with van der Waals surface area (Å²) in [5.41, 5.74) is 10.5. The van der Waals surface area contributed by atoms with Crippen LogP contribution in [-0.4, -0.2) is 23.0 Å². The smallest absolute Gasteiger partial charge is 0.0456 e. The Morgan fingerprint density at radius 2 is 1.95 bits per heavy atom. The summed E-state index contributed by atoms with van der Waals surface area (Å²) in [7, 11) is 2.16. The molecule has 0 aliphatic heterocycles. The maximum Gasteiger partial charge on any atom is 0.0456 e. The lowest BCUT2D eigenvalue weighted by Gasteiger charge is -2.40. The van der Waals surface area contributed by atoms with Crippen LogP contribution in [0.25, 0.3) is 0 Å². The monoisotopic (exact) mass is 281 g/mol. The zero-order valence-corrected chi connectivity index (χ0v) is 12.7. The first kappa shape index (κ1) is 14.2. The van der Waals surface area contributed by atoms with Crippen LogP contribution < -0.4 is 5.73 Å². The van der Waals surface area contributed by atoms with E-state index in [-0.39, 0.29) is 6.04 Å². The van der Waals surface area contributed by atoms with Gasteiger partial charge in [0.1, 0.15) is 0 Å². The van der Waals surface area contributed by atoms with E-state index in [1.165, 1.54) is 16.7 Å². The molecule has 3 nitrogen and oxygen atoms in total. The van der Waals surface area contributed by atoms with Crippen molar-refractivity contribution in [1.82, 2.24) is 9.88 Å². The van der Waals surface area contributed by atoms with Gasteiger partial charge in [-0.3, -0.25) is 9.88 Å². The zero-order chi connectivity index (χ0) is 14.8. The molecular formula is C18H23N3. The van der Waals surface area contributed by atoms with Crippen LogP contribution in [0.1, 0.15) is 42.0 Å². The molecule has 2 aromatic rings. The molecule has 1 aromatic heterocycles. The summed E-state index contributed by atoms with van der Waals surface area (Å²) in [6.07, 6.45) is 4.85. The average molecular weight is 281 g/mol. The Labute approximate surface area is 126 Å². The van der Waals surface area contributed by atoms with E-state index >= 15 is 0 Å². The van der Waals surface area contributed by atoms with Crippen LogP contribution in [0.3, 0.4) is 0 Å². The molecule has 1 aliphatic rings. The second kappa shape index (κ2) is 5.96. The van der Waals surface area contributed by atoms with Gasteiger partial charge in [-0.05, 0) is 42.1 Å². The van der Waals surface area contributed by atoms with Crippen molar-refractivity contribution in [2.24, 2.45) is 5.73 Å². The highest BCUT2D eigenvalue weighted by Gasteiger charge is 2.32. The molecule has 3 rings (SSSR count). The minimum absolute atomic E-state index is 0.0825. The van der Waals surface area contributed by atoms with Gasteiger partial charge in [0.05, 0.1) is 0 Å². The van der Waals surface area contributed by atoms with Gasteiger partial charge in [0.25, 0.3) is 0 Å². The summed E-state index contributed by atoms with van der Waals surface area (Å²) in [6.45, 7) is 3.19. The molecule has 1 aromatic carbocycles. The van der Waals surface area contributed by atoms with Gasteiger partial charge in [0.15, 0.2) is 0 Å². The first-order valence-electron chi connectivity index (χ1n) is 7.60. The van der Waals surface area contributed by atoms with Crippen LogP contribution in [0.15, 0.2) is 48.8 Å².